The van der Waals surface area contributed by atoms with Gasteiger partial charge in [-0.15, -0.1) is 5.10 Å². The van der Waals surface area contributed by atoms with Gasteiger partial charge in [-0.2, -0.15) is 0 Å². The zero-order valence-electron chi connectivity index (χ0n) is 9.38. The lowest BCUT2D eigenvalue weighted by Crippen LogP contribution is -2.05. The van der Waals surface area contributed by atoms with Gasteiger partial charge in [0, 0.05) is 19.2 Å². The molecule has 1 aromatic heterocycles. The van der Waals surface area contributed by atoms with Crippen molar-refractivity contribution < 1.29 is 9.47 Å². The lowest BCUT2D eigenvalue weighted by atomic mass is 10.2. The monoisotopic (exact) mass is 232 g/mol. The van der Waals surface area contributed by atoms with E-state index < -0.39 is 0 Å². The van der Waals surface area contributed by atoms with Crippen LogP contribution in [0.4, 0.5) is 5.82 Å². The summed E-state index contributed by atoms with van der Waals surface area (Å²) in [6.45, 7) is 0.938. The molecule has 1 aliphatic heterocycles. The fourth-order valence-electron chi connectivity index (χ4n) is 1.77. The number of aryl methyl sites for hydroxylation is 1. The molecule has 2 heterocycles. The molecule has 88 valence electrons. The number of ether oxygens (including phenoxy) is 2. The van der Waals surface area contributed by atoms with Crippen molar-refractivity contribution in [2.24, 2.45) is 7.05 Å². The predicted molar refractivity (Wildman–Crippen MR) is 60.9 cm³/mol. The summed E-state index contributed by atoms with van der Waals surface area (Å²) in [6, 6.07) is 5.85. The standard InChI is InChI=1S/C11H12N4O2/c1-15-10(6-13-14-15)12-5-8-3-2-4-9-11(8)17-7-16-9/h2-4,6,12H,5,7H2,1H3. The Balaban J connectivity index is 1.78. The quantitative estimate of drug-likeness (QED) is 0.860. The van der Waals surface area contributed by atoms with E-state index in [1.54, 1.807) is 10.9 Å². The van der Waals surface area contributed by atoms with E-state index in [0.29, 0.717) is 13.3 Å². The van der Waals surface area contributed by atoms with E-state index in [2.05, 4.69) is 15.6 Å². The van der Waals surface area contributed by atoms with E-state index in [4.69, 9.17) is 9.47 Å². The number of hydrogen-bond acceptors (Lipinski definition) is 5. The van der Waals surface area contributed by atoms with Gasteiger partial charge in [-0.25, -0.2) is 4.68 Å². The number of benzene rings is 1. The summed E-state index contributed by atoms with van der Waals surface area (Å²) in [5.41, 5.74) is 1.06. The van der Waals surface area contributed by atoms with Crippen LogP contribution in [0.2, 0.25) is 0 Å². The maximum Gasteiger partial charge on any atom is 0.231 e. The van der Waals surface area contributed by atoms with Crippen LogP contribution in [0.3, 0.4) is 0 Å². The Kier molecular flexibility index (Phi) is 2.32. The second-order valence-electron chi connectivity index (χ2n) is 3.75. The zero-order chi connectivity index (χ0) is 11.7. The minimum absolute atomic E-state index is 0.291. The van der Waals surface area contributed by atoms with Crippen molar-refractivity contribution in [3.05, 3.63) is 30.0 Å². The molecule has 0 bridgehead atoms. The molecule has 6 nitrogen and oxygen atoms in total. The molecule has 17 heavy (non-hydrogen) atoms. The highest BCUT2D eigenvalue weighted by Gasteiger charge is 2.16. The molecule has 0 aliphatic carbocycles. The van der Waals surface area contributed by atoms with Gasteiger partial charge in [0.25, 0.3) is 0 Å². The first-order chi connectivity index (χ1) is 8.34. The van der Waals surface area contributed by atoms with Crippen molar-refractivity contribution in [3.63, 3.8) is 0 Å². The topological polar surface area (TPSA) is 61.2 Å². The maximum absolute atomic E-state index is 5.43. The van der Waals surface area contributed by atoms with Gasteiger partial charge in [-0.3, -0.25) is 0 Å². The number of rotatable bonds is 3. The predicted octanol–water partition coefficient (Wildman–Crippen LogP) is 1.16. The second kappa shape index (κ2) is 3.97. The summed E-state index contributed by atoms with van der Waals surface area (Å²) in [5, 5.41) is 10.9. The molecule has 0 atom stereocenters. The molecule has 0 radical (unpaired) electrons. The summed E-state index contributed by atoms with van der Waals surface area (Å²) in [4.78, 5) is 0. The van der Waals surface area contributed by atoms with E-state index in [1.807, 2.05) is 25.2 Å². The third kappa shape index (κ3) is 1.77. The van der Waals surface area contributed by atoms with E-state index in [9.17, 15) is 0 Å². The average molecular weight is 232 g/mol. The van der Waals surface area contributed by atoms with Crippen LogP contribution in [0.15, 0.2) is 24.4 Å². The number of hydrogen-bond donors (Lipinski definition) is 1. The Bertz CT molecular complexity index is 538. The van der Waals surface area contributed by atoms with Gasteiger partial charge in [0.05, 0.1) is 6.20 Å². The van der Waals surface area contributed by atoms with Gasteiger partial charge in [0.1, 0.15) is 5.82 Å². The molecule has 0 saturated heterocycles. The normalized spacial score (nSPS) is 12.8. The number of nitrogens with one attached hydrogen (secondary N) is 1. The van der Waals surface area contributed by atoms with E-state index in [-0.39, 0.29) is 0 Å². The van der Waals surface area contributed by atoms with Crippen molar-refractivity contribution in [3.8, 4) is 11.5 Å². The first-order valence-corrected chi connectivity index (χ1v) is 5.30. The molecule has 0 amide bonds. The Morgan fingerprint density at radius 3 is 3.18 bits per heavy atom. The fraction of sp³-hybridized carbons (Fsp3) is 0.273. The highest BCUT2D eigenvalue weighted by atomic mass is 16.7. The van der Waals surface area contributed by atoms with Gasteiger partial charge in [-0.05, 0) is 6.07 Å². The minimum atomic E-state index is 0.291. The number of aromatic nitrogens is 3. The SMILES string of the molecule is Cn1nncc1NCc1cccc2c1OCO2. The molecule has 1 aliphatic rings. The summed E-state index contributed by atoms with van der Waals surface area (Å²) < 4.78 is 12.4. The lowest BCUT2D eigenvalue weighted by Gasteiger charge is -2.07. The highest BCUT2D eigenvalue weighted by molar-refractivity contribution is 5.49. The number of fused-ring (bicyclic) bond motifs is 1. The van der Waals surface area contributed by atoms with Crippen LogP contribution in [-0.4, -0.2) is 21.8 Å². The fourth-order valence-corrected chi connectivity index (χ4v) is 1.77. The molecule has 0 fully saturated rings. The summed E-state index contributed by atoms with van der Waals surface area (Å²) in [5.74, 6) is 2.48. The van der Waals surface area contributed by atoms with Crippen molar-refractivity contribution >= 4 is 5.82 Å². The van der Waals surface area contributed by atoms with Gasteiger partial charge in [0.15, 0.2) is 11.5 Å². The summed E-state index contributed by atoms with van der Waals surface area (Å²) >= 11 is 0. The Labute approximate surface area is 98.1 Å². The van der Waals surface area contributed by atoms with Gasteiger partial charge < -0.3 is 14.8 Å². The number of nitrogens with zero attached hydrogens (tertiary/aromatic N) is 3. The molecule has 0 spiro atoms. The third-order valence-electron chi connectivity index (χ3n) is 2.65. The van der Waals surface area contributed by atoms with Crippen LogP contribution < -0.4 is 14.8 Å². The van der Waals surface area contributed by atoms with Crippen molar-refractivity contribution in [1.82, 2.24) is 15.0 Å². The second-order valence-corrected chi connectivity index (χ2v) is 3.75. The van der Waals surface area contributed by atoms with Crippen molar-refractivity contribution in [2.45, 2.75) is 6.54 Å². The van der Waals surface area contributed by atoms with Crippen LogP contribution in [0.5, 0.6) is 11.5 Å². The maximum atomic E-state index is 5.43. The van der Waals surface area contributed by atoms with Crippen LogP contribution in [0.25, 0.3) is 0 Å². The molecule has 2 aromatic rings. The van der Waals surface area contributed by atoms with E-state index in [0.717, 1.165) is 22.9 Å². The molecule has 3 rings (SSSR count). The van der Waals surface area contributed by atoms with E-state index >= 15 is 0 Å². The summed E-state index contributed by atoms with van der Waals surface area (Å²) in [7, 11) is 1.84. The molecule has 0 saturated carbocycles. The van der Waals surface area contributed by atoms with Gasteiger partial charge in [0.2, 0.25) is 6.79 Å². The minimum Gasteiger partial charge on any atom is -0.454 e. The third-order valence-corrected chi connectivity index (χ3v) is 2.65. The van der Waals surface area contributed by atoms with Crippen LogP contribution >= 0.6 is 0 Å². The van der Waals surface area contributed by atoms with Crippen LogP contribution in [-0.2, 0) is 13.6 Å². The van der Waals surface area contributed by atoms with Gasteiger partial charge >= 0.3 is 0 Å². The average Bonchev–Trinajstić information content (AvgIpc) is 2.95. The van der Waals surface area contributed by atoms with Crippen LogP contribution in [0.1, 0.15) is 5.56 Å². The molecular weight excluding hydrogens is 220 g/mol. The first-order valence-electron chi connectivity index (χ1n) is 5.30. The van der Waals surface area contributed by atoms with E-state index in [1.165, 1.54) is 0 Å². The Morgan fingerprint density at radius 2 is 2.35 bits per heavy atom. The molecule has 0 unspecified atom stereocenters. The zero-order valence-corrected chi connectivity index (χ0v) is 9.38. The first kappa shape index (κ1) is 9.95. The largest absolute Gasteiger partial charge is 0.454 e. The highest BCUT2D eigenvalue weighted by Crippen LogP contribution is 2.35. The van der Waals surface area contributed by atoms with Crippen LogP contribution in [0, 0.1) is 0 Å². The van der Waals surface area contributed by atoms with Crippen molar-refractivity contribution in [1.29, 1.82) is 0 Å². The smallest absolute Gasteiger partial charge is 0.231 e. The molecule has 1 N–H and O–H groups in total. The molecular formula is C11H12N4O2. The lowest BCUT2D eigenvalue weighted by molar-refractivity contribution is 0.173. The molecule has 1 aromatic carbocycles. The van der Waals surface area contributed by atoms with Crippen molar-refractivity contribution in [2.75, 3.05) is 12.1 Å². The Hall–Kier alpha value is -2.24. The summed E-state index contributed by atoms with van der Waals surface area (Å²) in [6.07, 6.45) is 1.68. The molecule has 6 heteroatoms. The number of para-hydroxylation sites is 1. The number of anilines is 1. The van der Waals surface area contributed by atoms with Gasteiger partial charge in [-0.1, -0.05) is 17.3 Å². The Morgan fingerprint density at radius 1 is 1.41 bits per heavy atom.